The number of fused-ring (bicyclic) bond motifs is 1. The molecule has 2 unspecified atom stereocenters. The zero-order chi connectivity index (χ0) is 13.9. The van der Waals surface area contributed by atoms with Gasteiger partial charge in [-0.15, -0.1) is 11.3 Å². The number of rotatable bonds is 3. The molecular formula is C16H27N3S. The van der Waals surface area contributed by atoms with Crippen LogP contribution in [0, 0.1) is 0 Å². The van der Waals surface area contributed by atoms with E-state index in [1.54, 1.807) is 0 Å². The molecule has 1 N–H and O–H groups in total. The molecule has 1 saturated heterocycles. The number of nitrogens with one attached hydrogen (secondary N) is 1. The van der Waals surface area contributed by atoms with Crippen molar-refractivity contribution in [1.29, 1.82) is 0 Å². The Morgan fingerprint density at radius 1 is 1.25 bits per heavy atom. The Labute approximate surface area is 126 Å². The van der Waals surface area contributed by atoms with E-state index in [0.29, 0.717) is 12.1 Å². The quantitative estimate of drug-likeness (QED) is 0.916. The molecular weight excluding hydrogens is 266 g/mol. The highest BCUT2D eigenvalue weighted by atomic mass is 32.1. The maximum Gasteiger partial charge on any atom is 0.186 e. The molecule has 1 aliphatic carbocycles. The van der Waals surface area contributed by atoms with Gasteiger partial charge in [-0.3, -0.25) is 0 Å². The minimum atomic E-state index is 0.496. The van der Waals surface area contributed by atoms with Gasteiger partial charge in [-0.25, -0.2) is 4.98 Å². The second-order valence-corrected chi connectivity index (χ2v) is 7.26. The Bertz CT molecular complexity index is 443. The first-order chi connectivity index (χ1) is 9.79. The minimum Gasteiger partial charge on any atom is -0.345 e. The van der Waals surface area contributed by atoms with Crippen LogP contribution in [-0.4, -0.2) is 24.1 Å². The minimum absolute atomic E-state index is 0.496. The summed E-state index contributed by atoms with van der Waals surface area (Å²) in [4.78, 5) is 9.15. The fraction of sp³-hybridized carbons (Fsp3) is 0.812. The van der Waals surface area contributed by atoms with Gasteiger partial charge in [0.15, 0.2) is 5.13 Å². The van der Waals surface area contributed by atoms with Gasteiger partial charge < -0.3 is 10.2 Å². The molecule has 4 heteroatoms. The van der Waals surface area contributed by atoms with Crippen LogP contribution in [0.2, 0.25) is 0 Å². The fourth-order valence-corrected chi connectivity index (χ4v) is 4.82. The lowest BCUT2D eigenvalue weighted by molar-refractivity contribution is 0.465. The van der Waals surface area contributed by atoms with Crippen LogP contribution in [-0.2, 0) is 6.42 Å². The molecule has 1 aromatic heterocycles. The molecule has 3 nitrogen and oxygen atoms in total. The first kappa shape index (κ1) is 14.3. The summed E-state index contributed by atoms with van der Waals surface area (Å²) in [6.45, 7) is 6.79. The van der Waals surface area contributed by atoms with Gasteiger partial charge >= 0.3 is 0 Å². The predicted molar refractivity (Wildman–Crippen MR) is 86.7 cm³/mol. The van der Waals surface area contributed by atoms with Crippen LogP contribution in [0.15, 0.2) is 0 Å². The van der Waals surface area contributed by atoms with Crippen LogP contribution < -0.4 is 10.2 Å². The predicted octanol–water partition coefficient (Wildman–Crippen LogP) is 3.90. The summed E-state index contributed by atoms with van der Waals surface area (Å²) in [5, 5.41) is 4.89. The molecule has 20 heavy (non-hydrogen) atoms. The Kier molecular flexibility index (Phi) is 4.61. The summed E-state index contributed by atoms with van der Waals surface area (Å²) in [6, 6.07) is 1.15. The summed E-state index contributed by atoms with van der Waals surface area (Å²) >= 11 is 1.96. The zero-order valence-electron chi connectivity index (χ0n) is 12.8. The summed E-state index contributed by atoms with van der Waals surface area (Å²) in [6.07, 6.45) is 9.19. The van der Waals surface area contributed by atoms with Crippen LogP contribution in [0.3, 0.4) is 0 Å². The molecule has 0 amide bonds. The van der Waals surface area contributed by atoms with Crippen LogP contribution in [0.1, 0.15) is 69.0 Å². The van der Waals surface area contributed by atoms with E-state index >= 15 is 0 Å². The van der Waals surface area contributed by atoms with Gasteiger partial charge in [-0.1, -0.05) is 19.8 Å². The topological polar surface area (TPSA) is 28.2 Å². The Balaban J connectivity index is 1.84. The van der Waals surface area contributed by atoms with Crippen LogP contribution in [0.5, 0.6) is 0 Å². The molecule has 2 atom stereocenters. The van der Waals surface area contributed by atoms with Crippen LogP contribution in [0.25, 0.3) is 0 Å². The van der Waals surface area contributed by atoms with Crippen molar-refractivity contribution >= 4 is 16.5 Å². The van der Waals surface area contributed by atoms with E-state index in [4.69, 9.17) is 4.98 Å². The lowest BCUT2D eigenvalue weighted by Gasteiger charge is -2.26. The molecule has 1 aliphatic heterocycles. The number of nitrogens with zero attached hydrogens (tertiary/aromatic N) is 2. The third-order valence-electron chi connectivity index (χ3n) is 4.69. The molecule has 0 aromatic carbocycles. The largest absolute Gasteiger partial charge is 0.345 e. The standard InChI is InChI=1S/C16H27N3S/c1-3-17-13-9-7-10-14-15(13)18-16(20-14)19-11-6-4-5-8-12(19)2/h12-13,17H,3-11H2,1-2H3. The summed E-state index contributed by atoms with van der Waals surface area (Å²) in [5.41, 5.74) is 1.36. The zero-order valence-corrected chi connectivity index (χ0v) is 13.6. The van der Waals surface area contributed by atoms with Crippen molar-refractivity contribution in [2.45, 2.75) is 70.9 Å². The van der Waals surface area contributed by atoms with Gasteiger partial charge in [0, 0.05) is 17.5 Å². The van der Waals surface area contributed by atoms with Crippen molar-refractivity contribution in [3.63, 3.8) is 0 Å². The molecule has 112 valence electrons. The third kappa shape index (κ3) is 2.86. The van der Waals surface area contributed by atoms with Crippen LogP contribution >= 0.6 is 11.3 Å². The van der Waals surface area contributed by atoms with Gasteiger partial charge in [0.1, 0.15) is 0 Å². The first-order valence-corrected chi connectivity index (χ1v) is 9.11. The highest BCUT2D eigenvalue weighted by Gasteiger charge is 2.27. The summed E-state index contributed by atoms with van der Waals surface area (Å²) in [5.74, 6) is 0. The number of anilines is 1. The normalized spacial score (nSPS) is 27.2. The van der Waals surface area contributed by atoms with E-state index in [2.05, 4.69) is 24.1 Å². The fourth-order valence-electron chi connectivity index (χ4n) is 3.53. The van der Waals surface area contributed by atoms with Gasteiger partial charge in [-0.05, 0) is 45.6 Å². The van der Waals surface area contributed by atoms with E-state index in [1.165, 1.54) is 67.2 Å². The third-order valence-corrected chi connectivity index (χ3v) is 5.86. The molecule has 0 saturated carbocycles. The molecule has 2 heterocycles. The molecule has 3 rings (SSSR count). The Hall–Kier alpha value is -0.610. The van der Waals surface area contributed by atoms with E-state index in [9.17, 15) is 0 Å². The SMILES string of the molecule is CCNC1CCCc2sc(N3CCCCCC3C)nc21. The lowest BCUT2D eigenvalue weighted by Crippen LogP contribution is -2.32. The second-order valence-electron chi connectivity index (χ2n) is 6.20. The van der Waals surface area contributed by atoms with E-state index in [1.807, 2.05) is 11.3 Å². The maximum absolute atomic E-state index is 5.05. The number of thiazole rings is 1. The van der Waals surface area contributed by atoms with Crippen molar-refractivity contribution in [2.75, 3.05) is 18.0 Å². The molecule has 0 bridgehead atoms. The summed E-state index contributed by atoms with van der Waals surface area (Å²) in [7, 11) is 0. The van der Waals surface area contributed by atoms with E-state index < -0.39 is 0 Å². The number of hydrogen-bond donors (Lipinski definition) is 1. The lowest BCUT2D eigenvalue weighted by atomic mass is 9.98. The van der Waals surface area contributed by atoms with Crippen molar-refractivity contribution in [3.8, 4) is 0 Å². The number of hydrogen-bond acceptors (Lipinski definition) is 4. The van der Waals surface area contributed by atoms with Gasteiger partial charge in [0.2, 0.25) is 0 Å². The number of aromatic nitrogens is 1. The van der Waals surface area contributed by atoms with Crippen LogP contribution in [0.4, 0.5) is 5.13 Å². The Morgan fingerprint density at radius 3 is 3.00 bits per heavy atom. The van der Waals surface area contributed by atoms with Crippen molar-refractivity contribution in [2.24, 2.45) is 0 Å². The molecule has 0 spiro atoms. The van der Waals surface area contributed by atoms with Crippen molar-refractivity contribution in [3.05, 3.63) is 10.6 Å². The molecule has 1 fully saturated rings. The highest BCUT2D eigenvalue weighted by molar-refractivity contribution is 7.15. The molecule has 0 radical (unpaired) electrons. The van der Waals surface area contributed by atoms with E-state index in [0.717, 1.165) is 6.54 Å². The van der Waals surface area contributed by atoms with Crippen molar-refractivity contribution in [1.82, 2.24) is 10.3 Å². The molecule has 2 aliphatic rings. The smallest absolute Gasteiger partial charge is 0.186 e. The Morgan fingerprint density at radius 2 is 2.15 bits per heavy atom. The molecule has 1 aromatic rings. The highest BCUT2D eigenvalue weighted by Crippen LogP contribution is 2.38. The first-order valence-electron chi connectivity index (χ1n) is 8.29. The number of aryl methyl sites for hydroxylation is 1. The second kappa shape index (κ2) is 6.44. The van der Waals surface area contributed by atoms with Gasteiger partial charge in [0.05, 0.1) is 11.7 Å². The average Bonchev–Trinajstić information content (AvgIpc) is 2.76. The summed E-state index contributed by atoms with van der Waals surface area (Å²) < 4.78 is 0. The van der Waals surface area contributed by atoms with Crippen molar-refractivity contribution < 1.29 is 0 Å². The van der Waals surface area contributed by atoms with E-state index in [-0.39, 0.29) is 0 Å². The average molecular weight is 293 g/mol. The van der Waals surface area contributed by atoms with Gasteiger partial charge in [0.25, 0.3) is 0 Å². The monoisotopic (exact) mass is 293 g/mol. The van der Waals surface area contributed by atoms with Gasteiger partial charge in [-0.2, -0.15) is 0 Å². The maximum atomic E-state index is 5.05.